The Labute approximate surface area is 121 Å². The summed E-state index contributed by atoms with van der Waals surface area (Å²) < 4.78 is 0. The molecule has 0 fully saturated rings. The van der Waals surface area contributed by atoms with Crippen LogP contribution in [0.25, 0.3) is 0 Å². The third kappa shape index (κ3) is 3.29. The Hall–Kier alpha value is -2.03. The molecule has 3 N–H and O–H groups in total. The Balaban J connectivity index is 2.03. The van der Waals surface area contributed by atoms with Crippen molar-refractivity contribution in [3.8, 4) is 0 Å². The Morgan fingerprint density at radius 2 is 1.65 bits per heavy atom. The Morgan fingerprint density at radius 3 is 2.25 bits per heavy atom. The number of hydrogen-bond donors (Lipinski definition) is 2. The molecular weight excluding hydrogens is 246 g/mol. The zero-order chi connectivity index (χ0) is 14.7. The van der Waals surface area contributed by atoms with E-state index in [1.165, 1.54) is 22.3 Å². The van der Waals surface area contributed by atoms with Crippen molar-refractivity contribution in [1.29, 1.82) is 0 Å². The number of rotatable bonds is 4. The molecule has 0 saturated carbocycles. The summed E-state index contributed by atoms with van der Waals surface area (Å²) in [5.74, 6) is 0.918. The van der Waals surface area contributed by atoms with Crippen LogP contribution >= 0.6 is 0 Å². The minimum atomic E-state index is 0.707. The van der Waals surface area contributed by atoms with Crippen LogP contribution in [0.1, 0.15) is 27.8 Å². The van der Waals surface area contributed by atoms with E-state index in [-0.39, 0.29) is 0 Å². The number of aryl methyl sites for hydroxylation is 4. The summed E-state index contributed by atoms with van der Waals surface area (Å²) in [6, 6.07) is 6.43. The first kappa shape index (κ1) is 14.4. The molecule has 2 rings (SSSR count). The number of nitrogen functional groups attached to an aromatic ring is 1. The fourth-order valence-corrected chi connectivity index (χ4v) is 2.69. The fraction of sp³-hybridized carbons (Fsp3) is 0.353. The van der Waals surface area contributed by atoms with E-state index in [1.54, 1.807) is 6.20 Å². The fourth-order valence-electron chi connectivity index (χ4n) is 2.69. The van der Waals surface area contributed by atoms with Crippen LogP contribution in [-0.2, 0) is 6.42 Å². The van der Waals surface area contributed by atoms with Gasteiger partial charge in [0.1, 0.15) is 5.82 Å². The molecule has 0 saturated heterocycles. The quantitative estimate of drug-likeness (QED) is 0.892. The van der Waals surface area contributed by atoms with Crippen molar-refractivity contribution >= 4 is 11.5 Å². The summed E-state index contributed by atoms with van der Waals surface area (Å²) in [4.78, 5) is 4.33. The number of pyridine rings is 1. The van der Waals surface area contributed by atoms with Crippen LogP contribution in [0.15, 0.2) is 24.4 Å². The lowest BCUT2D eigenvalue weighted by atomic mass is 9.97. The number of anilines is 2. The van der Waals surface area contributed by atoms with Gasteiger partial charge < -0.3 is 11.1 Å². The van der Waals surface area contributed by atoms with Crippen molar-refractivity contribution in [1.82, 2.24) is 4.98 Å². The molecule has 0 aliphatic carbocycles. The van der Waals surface area contributed by atoms with E-state index >= 15 is 0 Å². The average Bonchev–Trinajstić information content (AvgIpc) is 2.34. The van der Waals surface area contributed by atoms with Crippen molar-refractivity contribution in [2.75, 3.05) is 17.6 Å². The molecule has 1 aromatic carbocycles. The van der Waals surface area contributed by atoms with E-state index in [1.807, 2.05) is 13.0 Å². The summed E-state index contributed by atoms with van der Waals surface area (Å²) in [7, 11) is 0. The molecular formula is C17H23N3. The van der Waals surface area contributed by atoms with E-state index in [9.17, 15) is 0 Å². The Morgan fingerprint density at radius 1 is 1.00 bits per heavy atom. The summed E-state index contributed by atoms with van der Waals surface area (Å²) in [6.45, 7) is 9.41. The van der Waals surface area contributed by atoms with Crippen LogP contribution in [0, 0.1) is 27.7 Å². The smallest absolute Gasteiger partial charge is 0.129 e. The molecule has 0 radical (unpaired) electrons. The highest BCUT2D eigenvalue weighted by molar-refractivity contribution is 5.51. The molecule has 3 heteroatoms. The molecule has 0 unspecified atom stereocenters. The van der Waals surface area contributed by atoms with Gasteiger partial charge in [0, 0.05) is 6.54 Å². The molecule has 0 bridgehead atoms. The third-order valence-corrected chi connectivity index (χ3v) is 3.61. The van der Waals surface area contributed by atoms with Crippen molar-refractivity contribution < 1.29 is 0 Å². The maximum absolute atomic E-state index is 5.71. The summed E-state index contributed by atoms with van der Waals surface area (Å²) >= 11 is 0. The van der Waals surface area contributed by atoms with E-state index in [0.717, 1.165) is 24.3 Å². The maximum atomic E-state index is 5.71. The SMILES string of the molecule is Cc1cc(C)c(CCNc2ncc(N)cc2C)c(C)c1. The molecule has 0 atom stereocenters. The number of nitrogens with one attached hydrogen (secondary N) is 1. The largest absolute Gasteiger partial charge is 0.397 e. The zero-order valence-corrected chi connectivity index (χ0v) is 12.7. The van der Waals surface area contributed by atoms with E-state index in [0.29, 0.717) is 5.69 Å². The van der Waals surface area contributed by atoms with Crippen molar-refractivity contribution in [3.63, 3.8) is 0 Å². The lowest BCUT2D eigenvalue weighted by Crippen LogP contribution is -2.09. The van der Waals surface area contributed by atoms with Gasteiger partial charge in [0.2, 0.25) is 0 Å². The predicted octanol–water partition coefficient (Wildman–Crippen LogP) is 3.55. The monoisotopic (exact) mass is 269 g/mol. The number of nitrogens with zero attached hydrogens (tertiary/aromatic N) is 1. The zero-order valence-electron chi connectivity index (χ0n) is 12.7. The molecule has 0 amide bonds. The number of benzene rings is 1. The van der Waals surface area contributed by atoms with Gasteiger partial charge in [-0.15, -0.1) is 0 Å². The van der Waals surface area contributed by atoms with E-state index < -0.39 is 0 Å². The first-order valence-electron chi connectivity index (χ1n) is 7.00. The van der Waals surface area contributed by atoms with E-state index in [4.69, 9.17) is 5.73 Å². The maximum Gasteiger partial charge on any atom is 0.129 e. The second kappa shape index (κ2) is 5.95. The Bertz CT molecular complexity index is 595. The molecule has 0 spiro atoms. The number of hydrogen-bond acceptors (Lipinski definition) is 3. The predicted molar refractivity (Wildman–Crippen MR) is 86.2 cm³/mol. The second-order valence-electron chi connectivity index (χ2n) is 5.49. The van der Waals surface area contributed by atoms with Gasteiger partial charge in [-0.25, -0.2) is 4.98 Å². The molecule has 0 aliphatic heterocycles. The van der Waals surface area contributed by atoms with Crippen molar-refractivity contribution in [3.05, 3.63) is 52.2 Å². The highest BCUT2D eigenvalue weighted by Gasteiger charge is 2.05. The standard InChI is InChI=1S/C17H23N3/c1-11-7-12(2)16(13(3)8-11)5-6-19-17-14(4)9-15(18)10-20-17/h7-10H,5-6,18H2,1-4H3,(H,19,20). The molecule has 2 aromatic rings. The minimum Gasteiger partial charge on any atom is -0.397 e. The van der Waals surface area contributed by atoms with Crippen LogP contribution in [0.4, 0.5) is 11.5 Å². The Kier molecular flexibility index (Phi) is 4.28. The van der Waals surface area contributed by atoms with E-state index in [2.05, 4.69) is 43.2 Å². The number of aromatic nitrogens is 1. The first-order chi connectivity index (χ1) is 9.47. The van der Waals surface area contributed by atoms with Crippen LogP contribution in [-0.4, -0.2) is 11.5 Å². The van der Waals surface area contributed by atoms with Crippen LogP contribution in [0.3, 0.4) is 0 Å². The normalized spacial score (nSPS) is 10.6. The van der Waals surface area contributed by atoms with Crippen LogP contribution in [0.5, 0.6) is 0 Å². The highest BCUT2D eigenvalue weighted by atomic mass is 15.0. The highest BCUT2D eigenvalue weighted by Crippen LogP contribution is 2.18. The third-order valence-electron chi connectivity index (χ3n) is 3.61. The minimum absolute atomic E-state index is 0.707. The molecule has 106 valence electrons. The summed E-state index contributed by atoms with van der Waals surface area (Å²) in [5, 5.41) is 3.39. The molecule has 1 aromatic heterocycles. The number of nitrogens with two attached hydrogens (primary N) is 1. The average molecular weight is 269 g/mol. The first-order valence-corrected chi connectivity index (χ1v) is 7.00. The topological polar surface area (TPSA) is 50.9 Å². The van der Waals surface area contributed by atoms with Gasteiger partial charge >= 0.3 is 0 Å². The van der Waals surface area contributed by atoms with Crippen LogP contribution < -0.4 is 11.1 Å². The lowest BCUT2D eigenvalue weighted by Gasteiger charge is -2.13. The van der Waals surface area contributed by atoms with Crippen molar-refractivity contribution in [2.24, 2.45) is 0 Å². The van der Waals surface area contributed by atoms with Gasteiger partial charge in [0.15, 0.2) is 0 Å². The van der Waals surface area contributed by atoms with Gasteiger partial charge in [-0.3, -0.25) is 0 Å². The van der Waals surface area contributed by atoms with Gasteiger partial charge in [-0.05, 0) is 62.4 Å². The molecule has 20 heavy (non-hydrogen) atoms. The summed E-state index contributed by atoms with van der Waals surface area (Å²) in [5.41, 5.74) is 13.0. The van der Waals surface area contributed by atoms with Gasteiger partial charge in [-0.1, -0.05) is 17.7 Å². The van der Waals surface area contributed by atoms with Gasteiger partial charge in [0.25, 0.3) is 0 Å². The molecule has 1 heterocycles. The lowest BCUT2D eigenvalue weighted by molar-refractivity contribution is 0.974. The van der Waals surface area contributed by atoms with Gasteiger partial charge in [0.05, 0.1) is 11.9 Å². The van der Waals surface area contributed by atoms with Crippen molar-refractivity contribution in [2.45, 2.75) is 34.1 Å². The summed E-state index contributed by atoms with van der Waals surface area (Å²) in [6.07, 6.45) is 2.70. The van der Waals surface area contributed by atoms with Gasteiger partial charge in [-0.2, -0.15) is 0 Å². The molecule has 3 nitrogen and oxygen atoms in total. The molecule has 0 aliphatic rings. The van der Waals surface area contributed by atoms with Crippen LogP contribution in [0.2, 0.25) is 0 Å². The second-order valence-corrected chi connectivity index (χ2v) is 5.49.